The lowest BCUT2D eigenvalue weighted by molar-refractivity contribution is 0.185. The maximum atomic E-state index is 5.63. The van der Waals surface area contributed by atoms with E-state index >= 15 is 0 Å². The minimum Gasteiger partial charge on any atom is -0.494 e. The number of nitrogens with one attached hydrogen (secondary N) is 1. The molecule has 0 aliphatic heterocycles. The number of para-hydroxylation sites is 1. The molecule has 0 atom stereocenters. The fourth-order valence-corrected chi connectivity index (χ4v) is 2.28. The first-order valence-corrected chi connectivity index (χ1v) is 7.31. The van der Waals surface area contributed by atoms with Crippen molar-refractivity contribution in [3.05, 3.63) is 65.2 Å². The van der Waals surface area contributed by atoms with Crippen molar-refractivity contribution < 1.29 is 9.47 Å². The molecule has 0 fully saturated rings. The average Bonchev–Trinajstić information content (AvgIpc) is 2.50. The molecule has 0 saturated heterocycles. The lowest BCUT2D eigenvalue weighted by Gasteiger charge is -2.11. The van der Waals surface area contributed by atoms with Crippen LogP contribution in [0.4, 0.5) is 0 Å². The topological polar surface area (TPSA) is 30.5 Å². The van der Waals surface area contributed by atoms with Crippen LogP contribution in [0.2, 0.25) is 0 Å². The lowest BCUT2D eigenvalue weighted by atomic mass is 10.1. The summed E-state index contributed by atoms with van der Waals surface area (Å²) in [6.07, 6.45) is 0. The second kappa shape index (κ2) is 8.45. The van der Waals surface area contributed by atoms with Gasteiger partial charge in [0, 0.05) is 25.8 Å². The molecular weight excluding hydrogens is 262 g/mol. The third-order valence-electron chi connectivity index (χ3n) is 3.22. The van der Waals surface area contributed by atoms with Gasteiger partial charge in [-0.3, -0.25) is 0 Å². The van der Waals surface area contributed by atoms with Crippen molar-refractivity contribution in [2.45, 2.75) is 26.6 Å². The SMILES string of the molecule is CCOc1ccccc1CNCc1cccc(COC)c1. The zero-order chi connectivity index (χ0) is 14.9. The highest BCUT2D eigenvalue weighted by Gasteiger charge is 2.02. The van der Waals surface area contributed by atoms with E-state index in [0.717, 1.165) is 18.8 Å². The zero-order valence-electron chi connectivity index (χ0n) is 12.8. The zero-order valence-corrected chi connectivity index (χ0v) is 12.8. The van der Waals surface area contributed by atoms with Crippen LogP contribution in [0, 0.1) is 0 Å². The molecule has 0 unspecified atom stereocenters. The average molecular weight is 285 g/mol. The van der Waals surface area contributed by atoms with Crippen molar-refractivity contribution in [2.75, 3.05) is 13.7 Å². The summed E-state index contributed by atoms with van der Waals surface area (Å²) in [6, 6.07) is 16.6. The Balaban J connectivity index is 1.91. The highest BCUT2D eigenvalue weighted by Crippen LogP contribution is 2.17. The van der Waals surface area contributed by atoms with Gasteiger partial charge in [-0.05, 0) is 24.1 Å². The molecule has 0 bridgehead atoms. The van der Waals surface area contributed by atoms with Crippen LogP contribution in [0.25, 0.3) is 0 Å². The normalized spacial score (nSPS) is 10.6. The summed E-state index contributed by atoms with van der Waals surface area (Å²) in [7, 11) is 1.72. The van der Waals surface area contributed by atoms with Crippen LogP contribution in [0.3, 0.4) is 0 Å². The van der Waals surface area contributed by atoms with E-state index in [1.807, 2.05) is 25.1 Å². The second-order valence-corrected chi connectivity index (χ2v) is 4.90. The van der Waals surface area contributed by atoms with Crippen molar-refractivity contribution in [2.24, 2.45) is 0 Å². The molecule has 0 heterocycles. The van der Waals surface area contributed by atoms with E-state index in [1.165, 1.54) is 16.7 Å². The van der Waals surface area contributed by atoms with Gasteiger partial charge in [-0.2, -0.15) is 0 Å². The predicted octanol–water partition coefficient (Wildman–Crippen LogP) is 3.52. The van der Waals surface area contributed by atoms with Gasteiger partial charge in [-0.15, -0.1) is 0 Å². The third kappa shape index (κ3) is 4.88. The quantitative estimate of drug-likeness (QED) is 0.805. The Labute approximate surface area is 126 Å². The van der Waals surface area contributed by atoms with Gasteiger partial charge >= 0.3 is 0 Å². The number of benzene rings is 2. The maximum absolute atomic E-state index is 5.63. The Kier molecular flexibility index (Phi) is 6.25. The highest BCUT2D eigenvalue weighted by atomic mass is 16.5. The number of ether oxygens (including phenoxy) is 2. The maximum Gasteiger partial charge on any atom is 0.123 e. The largest absolute Gasteiger partial charge is 0.494 e. The van der Waals surface area contributed by atoms with Crippen LogP contribution in [-0.4, -0.2) is 13.7 Å². The Morgan fingerprint density at radius 1 is 0.952 bits per heavy atom. The molecule has 2 aromatic carbocycles. The Hall–Kier alpha value is -1.84. The molecule has 0 spiro atoms. The minimum atomic E-state index is 0.654. The van der Waals surface area contributed by atoms with Gasteiger partial charge in [0.2, 0.25) is 0 Å². The summed E-state index contributed by atoms with van der Waals surface area (Å²) in [6.45, 7) is 4.98. The summed E-state index contributed by atoms with van der Waals surface area (Å²) in [5.74, 6) is 0.959. The predicted molar refractivity (Wildman–Crippen MR) is 85.3 cm³/mol. The van der Waals surface area contributed by atoms with Crippen molar-refractivity contribution in [3.8, 4) is 5.75 Å². The van der Waals surface area contributed by atoms with Crippen LogP contribution in [0.1, 0.15) is 23.6 Å². The summed E-state index contributed by atoms with van der Waals surface area (Å²) >= 11 is 0. The molecule has 0 aliphatic rings. The van der Waals surface area contributed by atoms with Crippen LogP contribution in [0.5, 0.6) is 5.75 Å². The summed E-state index contributed by atoms with van der Waals surface area (Å²) in [5, 5.41) is 3.47. The smallest absolute Gasteiger partial charge is 0.123 e. The van der Waals surface area contributed by atoms with Crippen LogP contribution in [0.15, 0.2) is 48.5 Å². The van der Waals surface area contributed by atoms with E-state index in [9.17, 15) is 0 Å². The number of rotatable bonds is 8. The number of hydrogen-bond acceptors (Lipinski definition) is 3. The van der Waals surface area contributed by atoms with Gasteiger partial charge in [0.25, 0.3) is 0 Å². The Morgan fingerprint density at radius 3 is 2.57 bits per heavy atom. The lowest BCUT2D eigenvalue weighted by Crippen LogP contribution is -2.13. The highest BCUT2D eigenvalue weighted by molar-refractivity contribution is 5.33. The van der Waals surface area contributed by atoms with Crippen molar-refractivity contribution >= 4 is 0 Å². The first-order chi connectivity index (χ1) is 10.3. The second-order valence-electron chi connectivity index (χ2n) is 4.90. The van der Waals surface area contributed by atoms with Gasteiger partial charge in [0.05, 0.1) is 13.2 Å². The molecule has 0 amide bonds. The van der Waals surface area contributed by atoms with E-state index in [0.29, 0.717) is 13.2 Å². The van der Waals surface area contributed by atoms with Crippen molar-refractivity contribution in [3.63, 3.8) is 0 Å². The van der Waals surface area contributed by atoms with E-state index < -0.39 is 0 Å². The Bertz CT molecular complexity index is 554. The monoisotopic (exact) mass is 285 g/mol. The third-order valence-corrected chi connectivity index (χ3v) is 3.22. The summed E-state index contributed by atoms with van der Waals surface area (Å²) < 4.78 is 10.8. The Morgan fingerprint density at radius 2 is 1.76 bits per heavy atom. The summed E-state index contributed by atoms with van der Waals surface area (Å²) in [4.78, 5) is 0. The molecule has 3 nitrogen and oxygen atoms in total. The van der Waals surface area contributed by atoms with E-state index in [4.69, 9.17) is 9.47 Å². The van der Waals surface area contributed by atoms with Gasteiger partial charge in [0.1, 0.15) is 5.75 Å². The number of hydrogen-bond donors (Lipinski definition) is 1. The molecule has 112 valence electrons. The molecule has 2 rings (SSSR count). The van der Waals surface area contributed by atoms with Crippen LogP contribution in [-0.2, 0) is 24.4 Å². The van der Waals surface area contributed by atoms with Gasteiger partial charge < -0.3 is 14.8 Å². The molecule has 0 saturated carbocycles. The molecule has 0 aliphatic carbocycles. The molecule has 21 heavy (non-hydrogen) atoms. The van der Waals surface area contributed by atoms with Gasteiger partial charge in [0.15, 0.2) is 0 Å². The standard InChI is InChI=1S/C18H23NO2/c1-3-21-18-10-5-4-9-17(18)13-19-12-15-7-6-8-16(11-15)14-20-2/h4-11,19H,3,12-14H2,1-2H3. The molecule has 1 N–H and O–H groups in total. The van der Waals surface area contributed by atoms with Gasteiger partial charge in [-0.1, -0.05) is 42.5 Å². The molecule has 3 heteroatoms. The first-order valence-electron chi connectivity index (χ1n) is 7.31. The van der Waals surface area contributed by atoms with Gasteiger partial charge in [-0.25, -0.2) is 0 Å². The minimum absolute atomic E-state index is 0.654. The molecule has 0 aromatic heterocycles. The van der Waals surface area contributed by atoms with E-state index in [1.54, 1.807) is 7.11 Å². The van der Waals surface area contributed by atoms with Crippen molar-refractivity contribution in [1.29, 1.82) is 0 Å². The summed E-state index contributed by atoms with van der Waals surface area (Å²) in [5.41, 5.74) is 3.65. The van der Waals surface area contributed by atoms with Crippen molar-refractivity contribution in [1.82, 2.24) is 5.32 Å². The van der Waals surface area contributed by atoms with E-state index in [2.05, 4.69) is 35.6 Å². The number of methoxy groups -OCH3 is 1. The molecule has 0 radical (unpaired) electrons. The van der Waals surface area contributed by atoms with Crippen LogP contribution < -0.4 is 10.1 Å². The molecule has 2 aromatic rings. The van der Waals surface area contributed by atoms with Crippen LogP contribution >= 0.6 is 0 Å². The fraction of sp³-hybridized carbons (Fsp3) is 0.333. The fourth-order valence-electron chi connectivity index (χ4n) is 2.28. The first kappa shape index (κ1) is 15.5. The molecular formula is C18H23NO2. The van der Waals surface area contributed by atoms with E-state index in [-0.39, 0.29) is 0 Å².